The second-order valence-corrected chi connectivity index (χ2v) is 12.6. The van der Waals surface area contributed by atoms with Crippen molar-refractivity contribution in [1.82, 2.24) is 9.80 Å². The van der Waals surface area contributed by atoms with Crippen molar-refractivity contribution in [2.75, 3.05) is 81.0 Å². The van der Waals surface area contributed by atoms with Crippen LogP contribution in [-0.4, -0.2) is 125 Å². The average molecular weight is 593 g/mol. The summed E-state index contributed by atoms with van der Waals surface area (Å²) in [5, 5.41) is 10.5. The maximum atomic E-state index is 13.8. The van der Waals surface area contributed by atoms with Gasteiger partial charge in [-0.1, -0.05) is 13.3 Å². The fourth-order valence-corrected chi connectivity index (χ4v) is 6.31. The lowest BCUT2D eigenvalue weighted by molar-refractivity contribution is -0.870. The van der Waals surface area contributed by atoms with Crippen molar-refractivity contribution in [2.45, 2.75) is 63.7 Å². The summed E-state index contributed by atoms with van der Waals surface area (Å²) >= 11 is 0. The van der Waals surface area contributed by atoms with Crippen LogP contribution in [0.25, 0.3) is 0 Å². The molecule has 0 aliphatic carbocycles. The van der Waals surface area contributed by atoms with Gasteiger partial charge in [0.05, 0.1) is 60.5 Å². The highest BCUT2D eigenvalue weighted by molar-refractivity contribution is 5.79. The van der Waals surface area contributed by atoms with Crippen molar-refractivity contribution in [1.29, 1.82) is 0 Å². The Morgan fingerprint density at radius 3 is 2.48 bits per heavy atom. The number of aliphatic carboxylic acids is 1. The molecule has 2 saturated heterocycles. The molecule has 0 aromatic heterocycles. The van der Waals surface area contributed by atoms with Crippen LogP contribution in [0.2, 0.25) is 0 Å². The van der Waals surface area contributed by atoms with Gasteiger partial charge in [-0.3, -0.25) is 14.5 Å². The number of fused-ring (bicyclic) bond motifs is 1. The number of rotatable bonds is 16. The number of ether oxygens (including phenoxy) is 5. The van der Waals surface area contributed by atoms with E-state index in [0.717, 1.165) is 42.3 Å². The number of unbranched alkanes of at least 4 members (excludes halogenated alkanes) is 2. The van der Waals surface area contributed by atoms with Crippen molar-refractivity contribution >= 4 is 11.9 Å². The Morgan fingerprint density at radius 2 is 1.81 bits per heavy atom. The maximum Gasteiger partial charge on any atom is 0.308 e. The van der Waals surface area contributed by atoms with Crippen LogP contribution in [0.4, 0.5) is 0 Å². The van der Waals surface area contributed by atoms with Gasteiger partial charge in [0.15, 0.2) is 17.8 Å². The molecule has 11 heteroatoms. The van der Waals surface area contributed by atoms with Crippen molar-refractivity contribution in [3.63, 3.8) is 0 Å². The van der Waals surface area contributed by atoms with Crippen molar-refractivity contribution in [3.05, 3.63) is 17.7 Å². The first-order valence-electron chi connectivity index (χ1n) is 15.4. The Hall–Kier alpha value is -2.60. The fourth-order valence-electron chi connectivity index (χ4n) is 6.31. The average Bonchev–Trinajstić information content (AvgIpc) is 3.70. The van der Waals surface area contributed by atoms with Crippen molar-refractivity contribution in [3.8, 4) is 17.2 Å². The van der Waals surface area contributed by atoms with E-state index in [1.165, 1.54) is 0 Å². The summed E-state index contributed by atoms with van der Waals surface area (Å²) in [6.45, 7) is 6.40. The van der Waals surface area contributed by atoms with Crippen LogP contribution < -0.4 is 14.2 Å². The summed E-state index contributed by atoms with van der Waals surface area (Å²) < 4.78 is 29.0. The molecule has 236 valence electrons. The zero-order valence-electron chi connectivity index (χ0n) is 26.0. The molecule has 3 atom stereocenters. The van der Waals surface area contributed by atoms with Crippen LogP contribution in [0, 0.1) is 5.92 Å². The molecule has 4 rings (SSSR count). The van der Waals surface area contributed by atoms with Gasteiger partial charge in [0.1, 0.15) is 0 Å². The number of quaternary nitrogens is 1. The number of carbonyl (C=O) groups excluding carboxylic acids is 1. The van der Waals surface area contributed by atoms with Gasteiger partial charge in [0.2, 0.25) is 18.4 Å². The molecule has 0 spiro atoms. The first-order valence-corrected chi connectivity index (χ1v) is 15.4. The minimum absolute atomic E-state index is 0.0557. The molecule has 1 aromatic carbocycles. The molecule has 2 fully saturated rings. The third-order valence-electron chi connectivity index (χ3n) is 8.51. The topological polar surface area (TPSA) is 107 Å². The van der Waals surface area contributed by atoms with E-state index < -0.39 is 11.9 Å². The number of hydrogen-bond acceptors (Lipinski definition) is 8. The molecule has 3 aliphatic heterocycles. The maximum absolute atomic E-state index is 13.8. The predicted molar refractivity (Wildman–Crippen MR) is 157 cm³/mol. The number of carboxylic acids is 1. The lowest BCUT2D eigenvalue weighted by Gasteiger charge is -2.30. The number of carboxylic acid groups (broad SMARTS) is 1. The van der Waals surface area contributed by atoms with E-state index >= 15 is 0 Å². The zero-order valence-corrected chi connectivity index (χ0v) is 26.0. The normalized spacial score (nSPS) is 22.5. The molecule has 1 amide bonds. The lowest BCUT2D eigenvalue weighted by Crippen LogP contribution is -2.45. The summed E-state index contributed by atoms with van der Waals surface area (Å²) in [6.07, 6.45) is 4.71. The van der Waals surface area contributed by atoms with Crippen LogP contribution in [0.3, 0.4) is 0 Å². The zero-order chi connectivity index (χ0) is 30.3. The first-order chi connectivity index (χ1) is 20.1. The first kappa shape index (κ1) is 32.3. The largest absolute Gasteiger partial charge is 0.493 e. The Balaban J connectivity index is 1.55. The van der Waals surface area contributed by atoms with Gasteiger partial charge in [0.25, 0.3) is 0 Å². The summed E-state index contributed by atoms with van der Waals surface area (Å²) in [5.41, 5.74) is 0.806. The SMILES string of the molecule is CCCCN(CCCC[N+](C)(C)C)C(=O)CN1CC(c2cc(OC)c3c(c2)OCO3)C(C(=O)O)C1CCC1OCCO1. The third-order valence-corrected chi connectivity index (χ3v) is 8.51. The van der Waals surface area contributed by atoms with E-state index in [0.29, 0.717) is 62.9 Å². The van der Waals surface area contributed by atoms with Gasteiger partial charge in [-0.05, 0) is 49.8 Å². The van der Waals surface area contributed by atoms with E-state index in [9.17, 15) is 14.7 Å². The highest BCUT2D eigenvalue weighted by Gasteiger charge is 2.48. The monoisotopic (exact) mass is 592 g/mol. The van der Waals surface area contributed by atoms with Crippen LogP contribution in [-0.2, 0) is 19.1 Å². The van der Waals surface area contributed by atoms with Crippen molar-refractivity contribution < 1.29 is 42.9 Å². The van der Waals surface area contributed by atoms with Crippen molar-refractivity contribution in [2.24, 2.45) is 5.92 Å². The molecule has 3 unspecified atom stereocenters. The van der Waals surface area contributed by atoms with Gasteiger partial charge >= 0.3 is 5.97 Å². The molecule has 0 bridgehead atoms. The van der Waals surface area contributed by atoms with Gasteiger partial charge in [-0.15, -0.1) is 0 Å². The summed E-state index contributed by atoms with van der Waals surface area (Å²) in [7, 11) is 8.10. The number of nitrogens with zero attached hydrogens (tertiary/aromatic N) is 3. The molecule has 11 nitrogen and oxygen atoms in total. The molecule has 0 saturated carbocycles. The third kappa shape index (κ3) is 8.27. The van der Waals surface area contributed by atoms with Crippen LogP contribution in [0.15, 0.2) is 12.1 Å². The quantitative estimate of drug-likeness (QED) is 0.229. The Morgan fingerprint density at radius 1 is 1.07 bits per heavy atom. The Labute approximate surface area is 250 Å². The second-order valence-electron chi connectivity index (χ2n) is 12.6. The van der Waals surface area contributed by atoms with Crippen LogP contribution in [0.1, 0.15) is 56.9 Å². The molecule has 1 N–H and O–H groups in total. The second kappa shape index (κ2) is 14.7. The standard InChI is InChI=1S/C31H49N3O8/c1-6-7-12-32(13-8-9-14-34(2,3)4)27(35)20-33-19-23(22-17-25(38-5)30-26(18-22)41-21-42-30)29(31(36)37)24(33)10-11-28-39-15-16-40-28/h17-18,23-24,28-29H,6-16,19-21H2,1-5H3/p+1. The molecule has 42 heavy (non-hydrogen) atoms. The Kier molecular flexibility index (Phi) is 11.3. The number of likely N-dealkylation sites (tertiary alicyclic amines) is 1. The number of amides is 1. The molecule has 3 aliphatic rings. The highest BCUT2D eigenvalue weighted by atomic mass is 16.7. The van der Waals surface area contributed by atoms with Gasteiger partial charge in [-0.2, -0.15) is 0 Å². The Bertz CT molecular complexity index is 1060. The van der Waals surface area contributed by atoms with Gasteiger partial charge in [-0.25, -0.2) is 0 Å². The van der Waals surface area contributed by atoms with E-state index in [2.05, 4.69) is 33.0 Å². The lowest BCUT2D eigenvalue weighted by atomic mass is 9.83. The number of benzene rings is 1. The molecular weight excluding hydrogens is 542 g/mol. The molecular formula is C31H50N3O8+. The summed E-state index contributed by atoms with van der Waals surface area (Å²) in [5.74, 6) is -0.314. The molecule has 3 heterocycles. The fraction of sp³-hybridized carbons (Fsp3) is 0.742. The number of hydrogen-bond donors (Lipinski definition) is 1. The smallest absolute Gasteiger partial charge is 0.308 e. The summed E-state index contributed by atoms with van der Waals surface area (Å²) in [4.78, 5) is 30.7. The van der Waals surface area contributed by atoms with Crippen LogP contribution >= 0.6 is 0 Å². The molecule has 1 aromatic rings. The minimum Gasteiger partial charge on any atom is -0.493 e. The minimum atomic E-state index is -0.881. The number of carbonyl (C=O) groups is 2. The van der Waals surface area contributed by atoms with Gasteiger partial charge < -0.3 is 38.2 Å². The van der Waals surface area contributed by atoms with E-state index in [1.54, 1.807) is 7.11 Å². The van der Waals surface area contributed by atoms with Crippen LogP contribution in [0.5, 0.6) is 17.2 Å². The van der Waals surface area contributed by atoms with E-state index in [1.807, 2.05) is 17.0 Å². The summed E-state index contributed by atoms with van der Waals surface area (Å²) in [6, 6.07) is 3.35. The van der Waals surface area contributed by atoms with E-state index in [4.69, 9.17) is 23.7 Å². The number of methoxy groups -OCH3 is 1. The molecule has 0 radical (unpaired) electrons. The van der Waals surface area contributed by atoms with E-state index in [-0.39, 0.29) is 37.5 Å². The highest BCUT2D eigenvalue weighted by Crippen LogP contribution is 2.47. The van der Waals surface area contributed by atoms with Gasteiger partial charge in [0, 0.05) is 31.6 Å². The predicted octanol–water partition coefficient (Wildman–Crippen LogP) is 3.16.